The fourth-order valence-corrected chi connectivity index (χ4v) is 8.53. The minimum absolute atomic E-state index is 0.0685. The average molecular weight is 620 g/mol. The minimum atomic E-state index is -1.13. The molecule has 3 saturated heterocycles. The van der Waals surface area contributed by atoms with Gasteiger partial charge in [-0.05, 0) is 61.4 Å². The van der Waals surface area contributed by atoms with Crippen molar-refractivity contribution in [3.05, 3.63) is 42.0 Å². The van der Waals surface area contributed by atoms with Crippen LogP contribution in [0.4, 0.5) is 5.69 Å². The lowest BCUT2D eigenvalue weighted by atomic mass is 9.73. The van der Waals surface area contributed by atoms with Crippen LogP contribution in [0.15, 0.2) is 36.4 Å². The number of amides is 3. The molecule has 0 radical (unpaired) electrons. The van der Waals surface area contributed by atoms with Gasteiger partial charge in [0.2, 0.25) is 17.7 Å². The molecule has 246 valence electrons. The molecule has 9 nitrogen and oxygen atoms in total. The normalized spacial score (nSPS) is 34.8. The lowest BCUT2D eigenvalue weighted by Gasteiger charge is -2.38. The Kier molecular flexibility index (Phi) is 9.42. The third-order valence-corrected chi connectivity index (χ3v) is 11.6. The number of benzene rings is 1. The first kappa shape index (κ1) is 32.2. The van der Waals surface area contributed by atoms with E-state index in [1.807, 2.05) is 36.4 Å². The van der Waals surface area contributed by atoms with Gasteiger partial charge in [-0.3, -0.25) is 14.4 Å². The van der Waals surface area contributed by atoms with Crippen LogP contribution in [0.5, 0.6) is 0 Å². The average Bonchev–Trinajstić information content (AvgIpc) is 3.67. The van der Waals surface area contributed by atoms with Crippen molar-refractivity contribution in [2.45, 2.75) is 90.0 Å². The first-order chi connectivity index (χ1) is 21.6. The molecule has 1 saturated carbocycles. The zero-order chi connectivity index (χ0) is 31.9. The molecule has 4 heterocycles. The maximum atomic E-state index is 14.4. The summed E-state index contributed by atoms with van der Waals surface area (Å²) < 4.78 is 6.59. The molecule has 5 aliphatic rings. The van der Waals surface area contributed by atoms with E-state index in [9.17, 15) is 14.4 Å². The van der Waals surface area contributed by atoms with E-state index in [2.05, 4.69) is 55.1 Å². The monoisotopic (exact) mass is 619 g/mol. The molecule has 4 aliphatic heterocycles. The fraction of sp³-hybridized carbons (Fsp3) is 0.694. The van der Waals surface area contributed by atoms with Gasteiger partial charge < -0.3 is 30.1 Å². The van der Waals surface area contributed by atoms with Gasteiger partial charge in [-0.1, -0.05) is 71.7 Å². The summed E-state index contributed by atoms with van der Waals surface area (Å²) in [4.78, 5) is 49.2. The van der Waals surface area contributed by atoms with Crippen molar-refractivity contribution >= 4 is 23.4 Å². The van der Waals surface area contributed by atoms with E-state index in [-0.39, 0.29) is 23.8 Å². The highest BCUT2D eigenvalue weighted by Gasteiger charge is 2.72. The van der Waals surface area contributed by atoms with Crippen LogP contribution in [0.25, 0.3) is 0 Å². The Morgan fingerprint density at radius 1 is 1.00 bits per heavy atom. The quantitative estimate of drug-likeness (QED) is 0.387. The van der Waals surface area contributed by atoms with Crippen LogP contribution in [-0.2, 0) is 19.1 Å². The smallest absolute Gasteiger partial charge is 0.246 e. The Bertz CT molecular complexity index is 1270. The molecule has 1 aromatic carbocycles. The number of rotatable bonds is 10. The third kappa shape index (κ3) is 6.08. The van der Waals surface area contributed by atoms with Gasteiger partial charge in [0.15, 0.2) is 0 Å². The highest BCUT2D eigenvalue weighted by Crippen LogP contribution is 2.55. The van der Waals surface area contributed by atoms with Gasteiger partial charge in [0.1, 0.15) is 11.6 Å². The molecule has 1 aliphatic carbocycles. The van der Waals surface area contributed by atoms with Gasteiger partial charge in [-0.2, -0.15) is 0 Å². The maximum Gasteiger partial charge on any atom is 0.246 e. The SMILES string of the molecule is CCN1CCN(CCCN2C(=O)[C@@H]3C(C(=O)Nc4ccc(C(C)C)cc4)[C@@H]4C=CC3(O4)C2C(=O)NC2CCCC(C)C2C)CC1. The van der Waals surface area contributed by atoms with Gasteiger partial charge in [0, 0.05) is 44.5 Å². The van der Waals surface area contributed by atoms with Crippen LogP contribution in [0.1, 0.15) is 71.8 Å². The largest absolute Gasteiger partial charge is 0.359 e. The molecule has 8 atom stereocenters. The van der Waals surface area contributed by atoms with E-state index in [1.165, 1.54) is 12.0 Å². The van der Waals surface area contributed by atoms with E-state index >= 15 is 0 Å². The van der Waals surface area contributed by atoms with E-state index in [1.54, 1.807) is 4.90 Å². The second-order valence-corrected chi connectivity index (χ2v) is 14.5. The Morgan fingerprint density at radius 3 is 2.40 bits per heavy atom. The standard InChI is InChI=1S/C36H53N5O4/c1-6-39-19-21-40(22-20-39)17-8-18-41-32(34(43)38-28-10-7-9-24(4)25(28)5)36-16-15-29(45-36)30(31(36)35(41)44)33(42)37-27-13-11-26(12-14-27)23(2)3/h11-16,23-25,28-32H,6-10,17-22H2,1-5H3,(H,37,42)(H,38,43)/t24?,25?,28?,29-,30?,31-,32?,36?/m0/s1. The molecule has 4 fully saturated rings. The summed E-state index contributed by atoms with van der Waals surface area (Å²) in [5, 5.41) is 6.43. The predicted molar refractivity (Wildman–Crippen MR) is 176 cm³/mol. The molecule has 1 spiro atoms. The van der Waals surface area contributed by atoms with Crippen molar-refractivity contribution in [3.8, 4) is 0 Å². The van der Waals surface area contributed by atoms with Crippen molar-refractivity contribution in [3.63, 3.8) is 0 Å². The number of likely N-dealkylation sites (tertiary alicyclic amines) is 1. The molecule has 3 amide bonds. The molecular weight excluding hydrogens is 566 g/mol. The highest BCUT2D eigenvalue weighted by atomic mass is 16.5. The van der Waals surface area contributed by atoms with Gasteiger partial charge in [-0.25, -0.2) is 0 Å². The summed E-state index contributed by atoms with van der Waals surface area (Å²) in [7, 11) is 0. The first-order valence-electron chi connectivity index (χ1n) is 17.5. The zero-order valence-corrected chi connectivity index (χ0v) is 27.8. The molecule has 45 heavy (non-hydrogen) atoms. The van der Waals surface area contributed by atoms with E-state index < -0.39 is 29.6 Å². The van der Waals surface area contributed by atoms with Crippen LogP contribution in [0, 0.1) is 23.7 Å². The number of hydrogen-bond donors (Lipinski definition) is 2. The van der Waals surface area contributed by atoms with Crippen molar-refractivity contribution in [2.24, 2.45) is 23.7 Å². The molecule has 6 rings (SSSR count). The zero-order valence-electron chi connectivity index (χ0n) is 27.8. The number of nitrogens with one attached hydrogen (secondary N) is 2. The number of carbonyl (C=O) groups is 3. The summed E-state index contributed by atoms with van der Waals surface area (Å²) in [5.41, 5.74) is 0.763. The number of fused-ring (bicyclic) bond motifs is 1. The number of nitrogens with zero attached hydrogens (tertiary/aromatic N) is 3. The Morgan fingerprint density at radius 2 is 1.71 bits per heavy atom. The van der Waals surface area contributed by atoms with Crippen LogP contribution < -0.4 is 10.6 Å². The molecular formula is C36H53N5O4. The lowest BCUT2D eigenvalue weighted by Crippen LogP contribution is -2.58. The summed E-state index contributed by atoms with van der Waals surface area (Å²) in [6, 6.07) is 7.16. The predicted octanol–water partition coefficient (Wildman–Crippen LogP) is 3.87. The van der Waals surface area contributed by atoms with Gasteiger partial charge in [0.05, 0.1) is 17.9 Å². The third-order valence-electron chi connectivity index (χ3n) is 11.6. The van der Waals surface area contributed by atoms with Crippen molar-refractivity contribution in [1.82, 2.24) is 20.0 Å². The summed E-state index contributed by atoms with van der Waals surface area (Å²) in [6.45, 7) is 17.5. The van der Waals surface area contributed by atoms with Crippen molar-refractivity contribution in [1.29, 1.82) is 0 Å². The van der Waals surface area contributed by atoms with Crippen molar-refractivity contribution < 1.29 is 19.1 Å². The molecule has 2 bridgehead atoms. The Labute approximate surface area is 269 Å². The van der Waals surface area contributed by atoms with Crippen LogP contribution >= 0.6 is 0 Å². The topological polar surface area (TPSA) is 94.2 Å². The number of likely N-dealkylation sites (N-methyl/N-ethyl adjacent to an activating group) is 1. The molecule has 1 aromatic rings. The molecule has 0 aromatic heterocycles. The van der Waals surface area contributed by atoms with Gasteiger partial charge in [0.25, 0.3) is 0 Å². The van der Waals surface area contributed by atoms with Crippen LogP contribution in [0.3, 0.4) is 0 Å². The van der Waals surface area contributed by atoms with E-state index in [4.69, 9.17) is 4.74 Å². The van der Waals surface area contributed by atoms with Crippen molar-refractivity contribution in [2.75, 3.05) is 51.1 Å². The van der Waals surface area contributed by atoms with Crippen LogP contribution in [-0.4, -0.2) is 102 Å². The number of carbonyl (C=O) groups excluding carboxylic acids is 3. The second kappa shape index (κ2) is 13.2. The Balaban J connectivity index is 1.21. The highest BCUT2D eigenvalue weighted by molar-refractivity contribution is 6.02. The summed E-state index contributed by atoms with van der Waals surface area (Å²) in [5.74, 6) is -0.651. The van der Waals surface area contributed by atoms with E-state index in [0.29, 0.717) is 30.0 Å². The summed E-state index contributed by atoms with van der Waals surface area (Å²) >= 11 is 0. The second-order valence-electron chi connectivity index (χ2n) is 14.5. The maximum absolute atomic E-state index is 14.4. The van der Waals surface area contributed by atoms with E-state index in [0.717, 1.165) is 58.5 Å². The summed E-state index contributed by atoms with van der Waals surface area (Å²) in [6.07, 6.45) is 7.26. The van der Waals surface area contributed by atoms with Crippen LogP contribution in [0.2, 0.25) is 0 Å². The first-order valence-corrected chi connectivity index (χ1v) is 17.5. The number of ether oxygens (including phenoxy) is 1. The lowest BCUT2D eigenvalue weighted by molar-refractivity contribution is -0.141. The molecule has 9 heteroatoms. The number of piperazine rings is 1. The Hall–Kier alpha value is -2.75. The fourth-order valence-electron chi connectivity index (χ4n) is 8.53. The van der Waals surface area contributed by atoms with Gasteiger partial charge in [-0.15, -0.1) is 0 Å². The molecule has 2 N–H and O–H groups in total. The van der Waals surface area contributed by atoms with Gasteiger partial charge >= 0.3 is 0 Å². The minimum Gasteiger partial charge on any atom is -0.359 e. The number of anilines is 1. The number of hydrogen-bond acceptors (Lipinski definition) is 6. The molecule has 6 unspecified atom stereocenters.